The zero-order valence-corrected chi connectivity index (χ0v) is 16.8. The van der Waals surface area contributed by atoms with Crippen LogP contribution in [-0.2, 0) is 15.0 Å². The summed E-state index contributed by atoms with van der Waals surface area (Å²) < 4.78 is 28.2. The first-order chi connectivity index (χ1) is 13.5. The summed E-state index contributed by atoms with van der Waals surface area (Å²) in [6, 6.07) is 8.74. The fraction of sp³-hybridized carbons (Fsp3) is 0.304. The molecule has 2 aromatic rings. The lowest BCUT2D eigenvalue weighted by atomic mass is 9.78. The summed E-state index contributed by atoms with van der Waals surface area (Å²) >= 11 is 0. The Bertz CT molecular complexity index is 1000. The van der Waals surface area contributed by atoms with Crippen LogP contribution in [0.4, 0.5) is 14.5 Å². The van der Waals surface area contributed by atoms with Gasteiger partial charge in [-0.1, -0.05) is 44.9 Å². The van der Waals surface area contributed by atoms with Crippen LogP contribution >= 0.6 is 0 Å². The van der Waals surface area contributed by atoms with Crippen molar-refractivity contribution in [1.82, 2.24) is 0 Å². The van der Waals surface area contributed by atoms with Crippen molar-refractivity contribution in [2.75, 3.05) is 12.0 Å². The van der Waals surface area contributed by atoms with E-state index in [2.05, 4.69) is 11.2 Å². The number of para-hydroxylation sites is 1. The summed E-state index contributed by atoms with van der Waals surface area (Å²) in [5.41, 5.74) is -1.77. The van der Waals surface area contributed by atoms with Crippen LogP contribution in [0.15, 0.2) is 36.4 Å². The zero-order chi connectivity index (χ0) is 22.0. The number of carbonyl (C=O) groups is 2. The van der Waals surface area contributed by atoms with Gasteiger partial charge in [0.1, 0.15) is 17.9 Å². The van der Waals surface area contributed by atoms with E-state index in [1.807, 2.05) is 0 Å². The molecule has 4 nitrogen and oxygen atoms in total. The van der Waals surface area contributed by atoms with Gasteiger partial charge >= 0.3 is 5.97 Å². The summed E-state index contributed by atoms with van der Waals surface area (Å²) in [4.78, 5) is 24.2. The number of carboxylic acids is 1. The van der Waals surface area contributed by atoms with E-state index < -0.39 is 29.3 Å². The van der Waals surface area contributed by atoms with Crippen molar-refractivity contribution in [2.24, 2.45) is 5.41 Å². The van der Waals surface area contributed by atoms with Gasteiger partial charge in [0.25, 0.3) is 0 Å². The molecular formula is C23H23F2NO3. The number of aliphatic carboxylic acids is 1. The SMILES string of the molecule is C#Cc1c(-c2ccccc2NC(=O)C(C)(C)C)cc(F)cc1C(C)(CF)C(=O)O. The molecule has 0 aliphatic carbocycles. The molecule has 0 aromatic heterocycles. The number of halogens is 2. The van der Waals surface area contributed by atoms with Crippen molar-refractivity contribution in [3.8, 4) is 23.5 Å². The Morgan fingerprint density at radius 2 is 1.76 bits per heavy atom. The van der Waals surface area contributed by atoms with Gasteiger partial charge in [0, 0.05) is 27.8 Å². The first-order valence-corrected chi connectivity index (χ1v) is 8.96. The minimum absolute atomic E-state index is 0.0615. The van der Waals surface area contributed by atoms with Crippen LogP contribution in [0.5, 0.6) is 0 Å². The van der Waals surface area contributed by atoms with Gasteiger partial charge in [-0.3, -0.25) is 9.59 Å². The topological polar surface area (TPSA) is 66.4 Å². The van der Waals surface area contributed by atoms with E-state index in [1.54, 1.807) is 45.0 Å². The van der Waals surface area contributed by atoms with Crippen molar-refractivity contribution >= 4 is 17.6 Å². The van der Waals surface area contributed by atoms with Gasteiger partial charge in [0.15, 0.2) is 0 Å². The van der Waals surface area contributed by atoms with Gasteiger partial charge < -0.3 is 10.4 Å². The van der Waals surface area contributed by atoms with E-state index in [-0.39, 0.29) is 22.6 Å². The maximum absolute atomic E-state index is 14.5. The summed E-state index contributed by atoms with van der Waals surface area (Å²) in [5, 5.41) is 12.3. The molecule has 0 fully saturated rings. The molecule has 152 valence electrons. The van der Waals surface area contributed by atoms with Gasteiger partial charge in [-0.25, -0.2) is 8.78 Å². The molecule has 0 bridgehead atoms. The molecule has 0 aliphatic heterocycles. The maximum Gasteiger partial charge on any atom is 0.316 e. The molecule has 1 atom stereocenters. The number of carboxylic acid groups (broad SMARTS) is 1. The lowest BCUT2D eigenvalue weighted by molar-refractivity contribution is -0.143. The molecule has 1 unspecified atom stereocenters. The zero-order valence-electron chi connectivity index (χ0n) is 16.8. The van der Waals surface area contributed by atoms with E-state index in [0.717, 1.165) is 19.1 Å². The van der Waals surface area contributed by atoms with Crippen molar-refractivity contribution < 1.29 is 23.5 Å². The molecule has 0 saturated carbocycles. The number of hydrogen-bond acceptors (Lipinski definition) is 2. The predicted molar refractivity (Wildman–Crippen MR) is 109 cm³/mol. The number of rotatable bonds is 5. The van der Waals surface area contributed by atoms with E-state index >= 15 is 0 Å². The second kappa shape index (κ2) is 8.04. The number of carbonyl (C=O) groups excluding carboxylic acids is 1. The molecule has 0 aliphatic rings. The first kappa shape index (κ1) is 22.1. The Kier molecular flexibility index (Phi) is 6.13. The average molecular weight is 399 g/mol. The largest absolute Gasteiger partial charge is 0.481 e. The highest BCUT2D eigenvalue weighted by molar-refractivity contribution is 5.99. The van der Waals surface area contributed by atoms with E-state index in [0.29, 0.717) is 11.3 Å². The minimum Gasteiger partial charge on any atom is -0.481 e. The Balaban J connectivity index is 2.77. The molecule has 29 heavy (non-hydrogen) atoms. The standard InChI is InChI=1S/C23H23F2NO3/c1-6-15-17(11-14(25)12-18(15)23(5,13-24)21(28)29)16-9-7-8-10-19(16)26-20(27)22(2,3)4/h1,7-12H,13H2,2-5H3,(H,26,27)(H,28,29). The van der Waals surface area contributed by atoms with Crippen LogP contribution in [0, 0.1) is 23.6 Å². The quantitative estimate of drug-likeness (QED) is 0.712. The van der Waals surface area contributed by atoms with Crippen molar-refractivity contribution in [2.45, 2.75) is 33.1 Å². The van der Waals surface area contributed by atoms with Crippen molar-refractivity contribution in [3.05, 3.63) is 53.3 Å². The Hall–Kier alpha value is -3.20. The van der Waals surface area contributed by atoms with Crippen molar-refractivity contribution in [1.29, 1.82) is 0 Å². The van der Waals surface area contributed by atoms with Crippen LogP contribution in [0.2, 0.25) is 0 Å². The van der Waals surface area contributed by atoms with Gasteiger partial charge in [0.05, 0.1) is 0 Å². The number of anilines is 1. The molecule has 0 radical (unpaired) electrons. The molecule has 6 heteroatoms. The lowest BCUT2D eigenvalue weighted by Crippen LogP contribution is -2.35. The van der Waals surface area contributed by atoms with Crippen LogP contribution in [-0.4, -0.2) is 23.7 Å². The third-order valence-electron chi connectivity index (χ3n) is 4.73. The van der Waals surface area contributed by atoms with Crippen LogP contribution in [0.25, 0.3) is 11.1 Å². The number of benzene rings is 2. The van der Waals surface area contributed by atoms with Crippen LogP contribution in [0.1, 0.15) is 38.8 Å². The van der Waals surface area contributed by atoms with Crippen molar-refractivity contribution in [3.63, 3.8) is 0 Å². The van der Waals surface area contributed by atoms with Gasteiger partial charge in [-0.2, -0.15) is 0 Å². The number of alkyl halides is 1. The normalized spacial score (nSPS) is 13.3. The van der Waals surface area contributed by atoms with Gasteiger partial charge in [-0.15, -0.1) is 6.42 Å². The Morgan fingerprint density at radius 1 is 1.14 bits per heavy atom. The predicted octanol–water partition coefficient (Wildman–Crippen LogP) is 4.77. The third-order valence-corrected chi connectivity index (χ3v) is 4.73. The Morgan fingerprint density at radius 3 is 2.28 bits per heavy atom. The van der Waals surface area contributed by atoms with E-state index in [1.165, 1.54) is 0 Å². The number of terminal acetylenes is 1. The summed E-state index contributed by atoms with van der Waals surface area (Å²) in [6.45, 7) is 5.14. The highest BCUT2D eigenvalue weighted by Gasteiger charge is 2.38. The number of hydrogen-bond donors (Lipinski definition) is 2. The molecule has 0 saturated heterocycles. The molecule has 0 heterocycles. The van der Waals surface area contributed by atoms with Gasteiger partial charge in [0.2, 0.25) is 5.91 Å². The smallest absolute Gasteiger partial charge is 0.316 e. The van der Waals surface area contributed by atoms with Crippen LogP contribution in [0.3, 0.4) is 0 Å². The first-order valence-electron chi connectivity index (χ1n) is 8.96. The fourth-order valence-electron chi connectivity index (χ4n) is 2.79. The number of nitrogens with one attached hydrogen (secondary N) is 1. The lowest BCUT2D eigenvalue weighted by Gasteiger charge is -2.25. The summed E-state index contributed by atoms with van der Waals surface area (Å²) in [5.74, 6) is -0.0886. The number of amides is 1. The molecule has 1 amide bonds. The molecular weight excluding hydrogens is 376 g/mol. The monoisotopic (exact) mass is 399 g/mol. The highest BCUT2D eigenvalue weighted by Crippen LogP contribution is 2.38. The second-order valence-corrected chi connectivity index (χ2v) is 8.04. The third kappa shape index (κ3) is 4.29. The molecule has 0 spiro atoms. The second-order valence-electron chi connectivity index (χ2n) is 8.04. The molecule has 2 N–H and O–H groups in total. The highest BCUT2D eigenvalue weighted by atomic mass is 19.1. The minimum atomic E-state index is -2.01. The average Bonchev–Trinajstić information content (AvgIpc) is 2.66. The van der Waals surface area contributed by atoms with Crippen LogP contribution < -0.4 is 5.32 Å². The summed E-state index contributed by atoms with van der Waals surface area (Å²) in [6.07, 6.45) is 5.64. The van der Waals surface area contributed by atoms with Gasteiger partial charge in [-0.05, 0) is 30.7 Å². The Labute approximate surface area is 169 Å². The fourth-order valence-corrected chi connectivity index (χ4v) is 2.79. The maximum atomic E-state index is 14.5. The molecule has 2 rings (SSSR count). The van der Waals surface area contributed by atoms with E-state index in [4.69, 9.17) is 6.42 Å². The molecule has 2 aromatic carbocycles. The van der Waals surface area contributed by atoms with E-state index in [9.17, 15) is 23.5 Å². The summed E-state index contributed by atoms with van der Waals surface area (Å²) in [7, 11) is 0.